The summed E-state index contributed by atoms with van der Waals surface area (Å²) in [4.78, 5) is 4.56. The smallest absolute Gasteiger partial charge is 0.378 e. The minimum Gasteiger partial charge on any atom is -0.378 e. The molecule has 0 heterocycles. The van der Waals surface area contributed by atoms with E-state index in [1.54, 1.807) is 12.1 Å². The monoisotopic (exact) mass is 543 g/mol. The Morgan fingerprint density at radius 2 is 1.77 bits per heavy atom. The third kappa shape index (κ3) is 11.9. The third-order valence-corrected chi connectivity index (χ3v) is 4.59. The van der Waals surface area contributed by atoms with Crippen LogP contribution in [-0.4, -0.2) is 44.5 Å². The van der Waals surface area contributed by atoms with Crippen molar-refractivity contribution in [3.8, 4) is 0 Å². The van der Waals surface area contributed by atoms with E-state index in [4.69, 9.17) is 4.74 Å². The van der Waals surface area contributed by atoms with Crippen LogP contribution in [0.2, 0.25) is 0 Å². The average molecular weight is 543 g/mol. The molecule has 0 radical (unpaired) electrons. The number of guanidine groups is 1. The van der Waals surface area contributed by atoms with E-state index in [1.807, 2.05) is 19.1 Å². The molecule has 30 heavy (non-hydrogen) atoms. The van der Waals surface area contributed by atoms with Crippen molar-refractivity contribution in [1.82, 2.24) is 10.6 Å². The lowest BCUT2D eigenvalue weighted by Gasteiger charge is -2.13. The summed E-state index contributed by atoms with van der Waals surface area (Å²) in [6.45, 7) is 3.51. The van der Waals surface area contributed by atoms with Crippen LogP contribution in [-0.2, 0) is 22.6 Å². The molecule has 0 saturated heterocycles. The summed E-state index contributed by atoms with van der Waals surface area (Å²) in [6.07, 6.45) is 2.00. The van der Waals surface area contributed by atoms with Crippen molar-refractivity contribution < 1.29 is 22.6 Å². The van der Waals surface area contributed by atoms with Crippen molar-refractivity contribution >= 4 is 29.9 Å². The molecule has 1 aliphatic rings. The summed E-state index contributed by atoms with van der Waals surface area (Å²) >= 11 is 0. The molecule has 0 aliphatic heterocycles. The lowest BCUT2D eigenvalue weighted by atomic mass is 10.1. The zero-order valence-corrected chi connectivity index (χ0v) is 19.8. The SMILES string of the molecule is CCNC(=NCc1ccc(COCC(F)(F)F)cc1)NCCCOC1CCCC1.I. The Morgan fingerprint density at radius 1 is 1.10 bits per heavy atom. The van der Waals surface area contributed by atoms with Gasteiger partial charge in [-0.25, -0.2) is 4.99 Å². The third-order valence-electron chi connectivity index (χ3n) is 4.59. The molecule has 2 N–H and O–H groups in total. The highest BCUT2D eigenvalue weighted by molar-refractivity contribution is 14.0. The molecule has 5 nitrogen and oxygen atoms in total. The van der Waals surface area contributed by atoms with E-state index in [0.717, 1.165) is 37.6 Å². The van der Waals surface area contributed by atoms with Gasteiger partial charge in [0.2, 0.25) is 0 Å². The molecule has 0 spiro atoms. The predicted molar refractivity (Wildman–Crippen MR) is 123 cm³/mol. The summed E-state index contributed by atoms with van der Waals surface area (Å²) in [7, 11) is 0. The van der Waals surface area contributed by atoms with Gasteiger partial charge >= 0.3 is 6.18 Å². The van der Waals surface area contributed by atoms with E-state index in [0.29, 0.717) is 18.2 Å². The molecule has 0 unspecified atom stereocenters. The summed E-state index contributed by atoms with van der Waals surface area (Å²) in [5, 5.41) is 6.51. The molecular weight excluding hydrogens is 510 g/mol. The number of hydrogen-bond acceptors (Lipinski definition) is 3. The van der Waals surface area contributed by atoms with Gasteiger partial charge in [-0.05, 0) is 37.3 Å². The number of aliphatic imine (C=N–C) groups is 1. The molecule has 1 aromatic rings. The summed E-state index contributed by atoms with van der Waals surface area (Å²) < 4.78 is 46.8. The van der Waals surface area contributed by atoms with Crippen molar-refractivity contribution in [1.29, 1.82) is 0 Å². The van der Waals surface area contributed by atoms with E-state index in [1.165, 1.54) is 25.7 Å². The minimum atomic E-state index is -4.30. The number of nitrogens with zero attached hydrogens (tertiary/aromatic N) is 1. The van der Waals surface area contributed by atoms with Gasteiger partial charge in [0.05, 0.1) is 19.3 Å². The molecular formula is C21H33F3IN3O2. The molecule has 0 amide bonds. The molecule has 0 aromatic heterocycles. The fourth-order valence-electron chi connectivity index (χ4n) is 3.12. The second kappa shape index (κ2) is 14.9. The van der Waals surface area contributed by atoms with Crippen molar-refractivity contribution in [2.75, 3.05) is 26.3 Å². The van der Waals surface area contributed by atoms with Gasteiger partial charge in [0, 0.05) is 19.7 Å². The molecule has 2 rings (SSSR count). The molecule has 0 bridgehead atoms. The summed E-state index contributed by atoms with van der Waals surface area (Å²) in [5.74, 6) is 0.742. The maximum Gasteiger partial charge on any atom is 0.411 e. The number of hydrogen-bond donors (Lipinski definition) is 2. The Labute approximate surface area is 194 Å². The largest absolute Gasteiger partial charge is 0.411 e. The number of benzene rings is 1. The number of alkyl halides is 3. The lowest BCUT2D eigenvalue weighted by Crippen LogP contribution is -2.38. The van der Waals surface area contributed by atoms with Crippen LogP contribution in [0.25, 0.3) is 0 Å². The van der Waals surface area contributed by atoms with E-state index in [-0.39, 0.29) is 30.6 Å². The van der Waals surface area contributed by atoms with Crippen molar-refractivity contribution in [2.45, 2.75) is 64.5 Å². The van der Waals surface area contributed by atoms with Crippen LogP contribution in [0.5, 0.6) is 0 Å². The number of nitrogens with one attached hydrogen (secondary N) is 2. The van der Waals surface area contributed by atoms with Crippen LogP contribution < -0.4 is 10.6 Å². The molecule has 1 aromatic carbocycles. The van der Waals surface area contributed by atoms with E-state index < -0.39 is 12.8 Å². The van der Waals surface area contributed by atoms with Gasteiger partial charge in [-0.2, -0.15) is 13.2 Å². The Bertz CT molecular complexity index is 607. The second-order valence-electron chi connectivity index (χ2n) is 7.18. The van der Waals surface area contributed by atoms with Crippen molar-refractivity contribution in [2.24, 2.45) is 4.99 Å². The summed E-state index contributed by atoms with van der Waals surface area (Å²) in [6, 6.07) is 7.24. The molecule has 1 saturated carbocycles. The molecule has 1 aliphatic carbocycles. The first-order valence-corrected chi connectivity index (χ1v) is 10.3. The van der Waals surface area contributed by atoms with Crippen LogP contribution in [0, 0.1) is 0 Å². The number of ether oxygens (including phenoxy) is 2. The van der Waals surface area contributed by atoms with E-state index >= 15 is 0 Å². The predicted octanol–water partition coefficient (Wildman–Crippen LogP) is 4.79. The van der Waals surface area contributed by atoms with E-state index in [9.17, 15) is 13.2 Å². The van der Waals surface area contributed by atoms with Crippen LogP contribution >= 0.6 is 24.0 Å². The Hall–Kier alpha value is -1.07. The van der Waals surface area contributed by atoms with Crippen molar-refractivity contribution in [3.63, 3.8) is 0 Å². The van der Waals surface area contributed by atoms with Gasteiger partial charge in [-0.3, -0.25) is 0 Å². The minimum absolute atomic E-state index is 0. The van der Waals surface area contributed by atoms with Crippen molar-refractivity contribution in [3.05, 3.63) is 35.4 Å². The Kier molecular flexibility index (Phi) is 13.3. The molecule has 9 heteroatoms. The van der Waals surface area contributed by atoms with Gasteiger partial charge in [-0.1, -0.05) is 37.1 Å². The average Bonchev–Trinajstić information content (AvgIpc) is 3.19. The first-order chi connectivity index (χ1) is 14.0. The first-order valence-electron chi connectivity index (χ1n) is 10.3. The fraction of sp³-hybridized carbons (Fsp3) is 0.667. The molecule has 1 fully saturated rings. The molecule has 172 valence electrons. The molecule has 0 atom stereocenters. The van der Waals surface area contributed by atoms with E-state index in [2.05, 4.69) is 20.4 Å². The zero-order valence-electron chi connectivity index (χ0n) is 17.5. The van der Waals surface area contributed by atoms with Gasteiger partial charge in [0.25, 0.3) is 0 Å². The quantitative estimate of drug-likeness (QED) is 0.183. The summed E-state index contributed by atoms with van der Waals surface area (Å²) in [5.41, 5.74) is 1.68. The lowest BCUT2D eigenvalue weighted by molar-refractivity contribution is -0.176. The number of rotatable bonds is 11. The highest BCUT2D eigenvalue weighted by Gasteiger charge is 2.27. The normalized spacial score (nSPS) is 15.1. The van der Waals surface area contributed by atoms with Gasteiger partial charge < -0.3 is 20.1 Å². The van der Waals surface area contributed by atoms with Gasteiger partial charge in [-0.15, -0.1) is 24.0 Å². The van der Waals surface area contributed by atoms with Gasteiger partial charge in [0.15, 0.2) is 5.96 Å². The first kappa shape index (κ1) is 27.0. The highest BCUT2D eigenvalue weighted by atomic mass is 127. The second-order valence-corrected chi connectivity index (χ2v) is 7.18. The highest BCUT2D eigenvalue weighted by Crippen LogP contribution is 2.20. The van der Waals surface area contributed by atoms with Gasteiger partial charge in [0.1, 0.15) is 6.61 Å². The van der Waals surface area contributed by atoms with Crippen LogP contribution in [0.3, 0.4) is 0 Å². The maximum absolute atomic E-state index is 12.1. The Morgan fingerprint density at radius 3 is 2.40 bits per heavy atom. The fourth-order valence-corrected chi connectivity index (χ4v) is 3.12. The maximum atomic E-state index is 12.1. The van der Waals surface area contributed by atoms with Crippen LogP contribution in [0.15, 0.2) is 29.3 Å². The standard InChI is InChI=1S/C21H32F3N3O2.HI/c1-2-25-20(26-12-5-13-29-19-6-3-4-7-19)27-14-17-8-10-18(11-9-17)15-28-16-21(22,23)24;/h8-11,19H,2-7,12-16H2,1H3,(H2,25,26,27);1H. The zero-order chi connectivity index (χ0) is 21.0. The Balaban J connectivity index is 0.00000450. The van der Waals surface area contributed by atoms with Crippen LogP contribution in [0.4, 0.5) is 13.2 Å². The van der Waals surface area contributed by atoms with Crippen LogP contribution in [0.1, 0.15) is 50.2 Å². The number of halogens is 4. The topological polar surface area (TPSA) is 54.9 Å².